The molecule has 0 saturated heterocycles. The number of carbonyl (C=O) groups excluding carboxylic acids is 2. The first-order chi connectivity index (χ1) is 10.9. The number of amides is 1. The van der Waals surface area contributed by atoms with Crippen molar-refractivity contribution in [1.29, 1.82) is 0 Å². The Kier molecular flexibility index (Phi) is 5.74. The van der Waals surface area contributed by atoms with Gasteiger partial charge in [0.2, 0.25) is 0 Å². The first-order valence-electron chi connectivity index (χ1n) is 7.03. The number of rotatable bonds is 5. The number of aromatic nitrogens is 1. The van der Waals surface area contributed by atoms with Crippen LogP contribution in [0, 0.1) is 13.8 Å². The molecule has 0 spiro atoms. The minimum atomic E-state index is -0.529. The fraction of sp³-hybridized carbons (Fsp3) is 0.312. The lowest BCUT2D eigenvalue weighted by atomic mass is 10.1. The summed E-state index contributed by atoms with van der Waals surface area (Å²) in [7, 11) is 0. The highest BCUT2D eigenvalue weighted by atomic mass is 35.5. The molecule has 0 aliphatic heterocycles. The third kappa shape index (κ3) is 4.77. The minimum Gasteiger partial charge on any atom is -0.451 e. The van der Waals surface area contributed by atoms with E-state index < -0.39 is 5.97 Å². The molecule has 0 fully saturated rings. The van der Waals surface area contributed by atoms with Crippen molar-refractivity contribution in [1.82, 2.24) is 10.3 Å². The van der Waals surface area contributed by atoms with Crippen LogP contribution in [0.25, 0.3) is 0 Å². The van der Waals surface area contributed by atoms with Crippen molar-refractivity contribution in [3.05, 3.63) is 50.4 Å². The number of nitrogens with zero attached hydrogens (tertiary/aromatic N) is 1. The average molecular weight is 353 g/mol. The van der Waals surface area contributed by atoms with Gasteiger partial charge in [0.15, 0.2) is 6.61 Å². The van der Waals surface area contributed by atoms with Gasteiger partial charge in [0, 0.05) is 5.02 Å². The molecule has 7 heteroatoms. The molecule has 0 radical (unpaired) electrons. The number of esters is 1. The topological polar surface area (TPSA) is 68.3 Å². The number of carbonyl (C=O) groups is 2. The molecule has 1 aromatic heterocycles. The molecule has 0 aliphatic carbocycles. The van der Waals surface area contributed by atoms with Crippen LogP contribution < -0.4 is 5.32 Å². The molecule has 122 valence electrons. The maximum absolute atomic E-state index is 11.9. The number of hydrogen-bond acceptors (Lipinski definition) is 5. The highest BCUT2D eigenvalue weighted by molar-refractivity contribution is 7.13. The number of benzene rings is 1. The van der Waals surface area contributed by atoms with Crippen molar-refractivity contribution in [3.63, 3.8) is 0 Å². The molecule has 0 bridgehead atoms. The van der Waals surface area contributed by atoms with Crippen LogP contribution in [0.2, 0.25) is 5.02 Å². The van der Waals surface area contributed by atoms with E-state index in [1.165, 1.54) is 11.3 Å². The molecule has 1 N–H and O–H groups in total. The number of aryl methyl sites for hydroxylation is 2. The van der Waals surface area contributed by atoms with Gasteiger partial charge in [0.05, 0.1) is 16.7 Å². The third-order valence-corrected chi connectivity index (χ3v) is 4.44. The van der Waals surface area contributed by atoms with Gasteiger partial charge in [-0.05, 0) is 38.5 Å². The number of ether oxygens (including phenoxy) is 1. The molecular weight excluding hydrogens is 336 g/mol. The highest BCUT2D eigenvalue weighted by Gasteiger charge is 2.17. The number of halogens is 1. The molecule has 23 heavy (non-hydrogen) atoms. The van der Waals surface area contributed by atoms with E-state index in [9.17, 15) is 9.59 Å². The Labute approximate surface area is 143 Å². The Hall–Kier alpha value is -1.92. The fourth-order valence-electron chi connectivity index (χ4n) is 2.06. The highest BCUT2D eigenvalue weighted by Crippen LogP contribution is 2.19. The molecule has 1 atom stereocenters. The molecular formula is C16H17ClN2O3S. The lowest BCUT2D eigenvalue weighted by Crippen LogP contribution is -2.31. The Morgan fingerprint density at radius 2 is 2.13 bits per heavy atom. The summed E-state index contributed by atoms with van der Waals surface area (Å²) in [5, 5.41) is 4.15. The Bertz CT molecular complexity index is 730. The Balaban J connectivity index is 1.87. The second-order valence-corrected chi connectivity index (χ2v) is 6.71. The molecule has 0 unspecified atom stereocenters. The van der Waals surface area contributed by atoms with Crippen LogP contribution in [0.5, 0.6) is 0 Å². The van der Waals surface area contributed by atoms with Crippen molar-refractivity contribution in [2.75, 3.05) is 6.61 Å². The van der Waals surface area contributed by atoms with Gasteiger partial charge in [0.25, 0.3) is 5.91 Å². The smallest absolute Gasteiger partial charge is 0.350 e. The normalized spacial score (nSPS) is 11.8. The predicted octanol–water partition coefficient (Wildman–Crippen LogP) is 3.45. The van der Waals surface area contributed by atoms with E-state index in [4.69, 9.17) is 16.3 Å². The van der Waals surface area contributed by atoms with Crippen LogP contribution in [0.4, 0.5) is 0 Å². The molecule has 1 heterocycles. The molecule has 0 aliphatic rings. The number of hydrogen-bond donors (Lipinski definition) is 1. The molecule has 2 rings (SSSR count). The van der Waals surface area contributed by atoms with Crippen LogP contribution in [-0.2, 0) is 9.53 Å². The van der Waals surface area contributed by atoms with Crippen LogP contribution in [0.3, 0.4) is 0 Å². The van der Waals surface area contributed by atoms with E-state index >= 15 is 0 Å². The van der Waals surface area contributed by atoms with Gasteiger partial charge in [-0.1, -0.05) is 23.7 Å². The molecule has 0 saturated carbocycles. The summed E-state index contributed by atoms with van der Waals surface area (Å²) < 4.78 is 5.04. The van der Waals surface area contributed by atoms with Crippen LogP contribution in [0.15, 0.2) is 24.3 Å². The quantitative estimate of drug-likeness (QED) is 0.837. The molecule has 5 nitrogen and oxygen atoms in total. The predicted molar refractivity (Wildman–Crippen MR) is 89.9 cm³/mol. The van der Waals surface area contributed by atoms with E-state index in [2.05, 4.69) is 10.3 Å². The summed E-state index contributed by atoms with van der Waals surface area (Å²) in [5.74, 6) is -0.900. The second kappa shape index (κ2) is 7.57. The van der Waals surface area contributed by atoms with Crippen LogP contribution in [-0.4, -0.2) is 23.5 Å². The Morgan fingerprint density at radius 1 is 1.39 bits per heavy atom. The van der Waals surface area contributed by atoms with Gasteiger partial charge >= 0.3 is 5.97 Å². The SMILES string of the molecule is Cc1nc(C)c(C(=O)OCC(=O)N[C@@H](C)c2cccc(Cl)c2)s1. The van der Waals surface area contributed by atoms with E-state index in [0.717, 1.165) is 10.6 Å². The lowest BCUT2D eigenvalue weighted by molar-refractivity contribution is -0.124. The van der Waals surface area contributed by atoms with E-state index in [0.29, 0.717) is 15.6 Å². The first kappa shape index (κ1) is 17.4. The zero-order chi connectivity index (χ0) is 17.0. The third-order valence-electron chi connectivity index (χ3n) is 3.15. The van der Waals surface area contributed by atoms with Gasteiger partial charge in [-0.3, -0.25) is 4.79 Å². The number of nitrogens with one attached hydrogen (secondary N) is 1. The molecule has 2 aromatic rings. The number of thiazole rings is 1. The fourth-order valence-corrected chi connectivity index (χ4v) is 3.07. The van der Waals surface area contributed by atoms with Gasteiger partial charge in [-0.15, -0.1) is 11.3 Å². The maximum Gasteiger partial charge on any atom is 0.350 e. The zero-order valence-electron chi connectivity index (χ0n) is 13.1. The zero-order valence-corrected chi connectivity index (χ0v) is 14.6. The van der Waals surface area contributed by atoms with E-state index in [1.54, 1.807) is 19.1 Å². The second-order valence-electron chi connectivity index (χ2n) is 5.07. The lowest BCUT2D eigenvalue weighted by Gasteiger charge is -2.14. The van der Waals surface area contributed by atoms with Gasteiger partial charge in [-0.25, -0.2) is 9.78 Å². The van der Waals surface area contributed by atoms with E-state index in [1.807, 2.05) is 26.0 Å². The standard InChI is InChI=1S/C16H17ClN2O3S/c1-9(12-5-4-6-13(17)7-12)19-14(20)8-22-16(21)15-10(2)18-11(3)23-15/h4-7,9H,8H2,1-3H3,(H,19,20)/t9-/m0/s1. The minimum absolute atomic E-state index is 0.229. The molecule has 1 aromatic carbocycles. The van der Waals surface area contributed by atoms with E-state index in [-0.39, 0.29) is 18.6 Å². The summed E-state index contributed by atoms with van der Waals surface area (Å²) in [6, 6.07) is 7.00. The van der Waals surface area contributed by atoms with Crippen molar-refractivity contribution in [2.45, 2.75) is 26.8 Å². The average Bonchev–Trinajstić information content (AvgIpc) is 2.83. The summed E-state index contributed by atoms with van der Waals surface area (Å²) in [5.41, 5.74) is 1.50. The summed E-state index contributed by atoms with van der Waals surface area (Å²) >= 11 is 7.18. The Morgan fingerprint density at radius 3 is 2.74 bits per heavy atom. The first-order valence-corrected chi connectivity index (χ1v) is 8.22. The largest absolute Gasteiger partial charge is 0.451 e. The summed E-state index contributed by atoms with van der Waals surface area (Å²) in [4.78, 5) is 28.4. The van der Waals surface area contributed by atoms with Gasteiger partial charge in [0.1, 0.15) is 4.88 Å². The van der Waals surface area contributed by atoms with Crippen molar-refractivity contribution < 1.29 is 14.3 Å². The van der Waals surface area contributed by atoms with Crippen molar-refractivity contribution in [3.8, 4) is 0 Å². The summed E-state index contributed by atoms with van der Waals surface area (Å²) in [6.07, 6.45) is 0. The molecule has 1 amide bonds. The van der Waals surface area contributed by atoms with Gasteiger partial charge < -0.3 is 10.1 Å². The van der Waals surface area contributed by atoms with Crippen LogP contribution in [0.1, 0.15) is 38.9 Å². The monoisotopic (exact) mass is 352 g/mol. The van der Waals surface area contributed by atoms with Crippen molar-refractivity contribution >= 4 is 34.8 Å². The summed E-state index contributed by atoms with van der Waals surface area (Å²) in [6.45, 7) is 5.05. The van der Waals surface area contributed by atoms with Gasteiger partial charge in [-0.2, -0.15) is 0 Å². The maximum atomic E-state index is 11.9. The van der Waals surface area contributed by atoms with Crippen molar-refractivity contribution in [2.24, 2.45) is 0 Å². The van der Waals surface area contributed by atoms with Crippen LogP contribution >= 0.6 is 22.9 Å².